The summed E-state index contributed by atoms with van der Waals surface area (Å²) in [7, 11) is 0. The van der Waals surface area contributed by atoms with E-state index in [1.165, 1.54) is 18.5 Å². The zero-order valence-electron chi connectivity index (χ0n) is 11.6. The summed E-state index contributed by atoms with van der Waals surface area (Å²) in [5.41, 5.74) is 0.558. The molecule has 1 aliphatic carbocycles. The first kappa shape index (κ1) is 14.4. The molecular formula is C16H13F2NO3. The van der Waals surface area contributed by atoms with Crippen LogP contribution in [0.4, 0.5) is 8.78 Å². The van der Waals surface area contributed by atoms with E-state index in [2.05, 4.69) is 4.98 Å². The molecular weight excluding hydrogens is 292 g/mol. The predicted molar refractivity (Wildman–Crippen MR) is 74.8 cm³/mol. The van der Waals surface area contributed by atoms with Gasteiger partial charge < -0.3 is 9.84 Å². The molecule has 1 fully saturated rings. The predicted octanol–water partition coefficient (Wildman–Crippen LogP) is 3.51. The summed E-state index contributed by atoms with van der Waals surface area (Å²) in [6.07, 6.45) is 4.68. The minimum Gasteiger partial charge on any atom is -0.492 e. The van der Waals surface area contributed by atoms with Gasteiger partial charge in [0.15, 0.2) is 11.6 Å². The number of pyridine rings is 1. The topological polar surface area (TPSA) is 59.4 Å². The van der Waals surface area contributed by atoms with Crippen LogP contribution in [0.5, 0.6) is 5.75 Å². The summed E-state index contributed by atoms with van der Waals surface area (Å²) >= 11 is 0. The van der Waals surface area contributed by atoms with Gasteiger partial charge in [-0.3, -0.25) is 4.98 Å². The van der Waals surface area contributed by atoms with E-state index >= 15 is 0 Å². The monoisotopic (exact) mass is 305 g/mol. The molecule has 6 heteroatoms. The molecule has 4 nitrogen and oxygen atoms in total. The number of rotatable bonds is 5. The fraction of sp³-hybridized carbons (Fsp3) is 0.250. The highest BCUT2D eigenvalue weighted by Gasteiger charge is 2.25. The lowest BCUT2D eigenvalue weighted by Crippen LogP contribution is -2.08. The van der Waals surface area contributed by atoms with Gasteiger partial charge in [0.05, 0.1) is 6.61 Å². The van der Waals surface area contributed by atoms with Crippen molar-refractivity contribution >= 4 is 5.97 Å². The van der Waals surface area contributed by atoms with Gasteiger partial charge in [0.1, 0.15) is 11.3 Å². The zero-order chi connectivity index (χ0) is 15.7. The third-order valence-electron chi connectivity index (χ3n) is 3.52. The molecule has 2 aromatic rings. The summed E-state index contributed by atoms with van der Waals surface area (Å²) in [5, 5.41) is 9.26. The number of carboxylic acid groups (broad SMARTS) is 1. The number of aromatic carboxylic acids is 1. The largest absolute Gasteiger partial charge is 0.492 e. The van der Waals surface area contributed by atoms with Crippen LogP contribution in [0.1, 0.15) is 23.2 Å². The number of ether oxygens (including phenoxy) is 1. The Morgan fingerprint density at radius 3 is 2.68 bits per heavy atom. The summed E-state index contributed by atoms with van der Waals surface area (Å²) < 4.78 is 32.1. The molecule has 3 rings (SSSR count). The number of aromatic nitrogens is 1. The van der Waals surface area contributed by atoms with Gasteiger partial charge >= 0.3 is 5.97 Å². The Kier molecular flexibility index (Phi) is 3.75. The van der Waals surface area contributed by atoms with Gasteiger partial charge in [-0.15, -0.1) is 0 Å². The third kappa shape index (κ3) is 2.90. The molecule has 0 atom stereocenters. The average molecular weight is 305 g/mol. The Hall–Kier alpha value is -2.50. The second-order valence-electron chi connectivity index (χ2n) is 5.25. The number of nitrogens with zero attached hydrogens (tertiary/aromatic N) is 1. The van der Waals surface area contributed by atoms with Crippen molar-refractivity contribution in [3.05, 3.63) is 47.8 Å². The normalized spacial score (nSPS) is 13.9. The molecule has 0 spiro atoms. The summed E-state index contributed by atoms with van der Waals surface area (Å²) in [5.74, 6) is -2.59. The highest BCUT2D eigenvalue weighted by molar-refractivity contribution is 5.93. The maximum absolute atomic E-state index is 13.4. The number of carboxylic acids is 1. The van der Waals surface area contributed by atoms with Crippen LogP contribution in [-0.2, 0) is 0 Å². The van der Waals surface area contributed by atoms with Crippen LogP contribution >= 0.6 is 0 Å². The van der Waals surface area contributed by atoms with Crippen LogP contribution in [0.15, 0.2) is 30.6 Å². The van der Waals surface area contributed by atoms with Crippen LogP contribution in [0, 0.1) is 17.6 Å². The summed E-state index contributed by atoms with van der Waals surface area (Å²) in [6, 6.07) is 3.36. The zero-order valence-corrected chi connectivity index (χ0v) is 11.6. The van der Waals surface area contributed by atoms with Gasteiger partial charge in [-0.1, -0.05) is 6.07 Å². The van der Waals surface area contributed by atoms with Crippen LogP contribution in [0.25, 0.3) is 11.1 Å². The minimum absolute atomic E-state index is 0.0946. The summed E-state index contributed by atoms with van der Waals surface area (Å²) in [4.78, 5) is 15.2. The lowest BCUT2D eigenvalue weighted by Gasteiger charge is -2.13. The lowest BCUT2D eigenvalue weighted by molar-refractivity contribution is 0.0691. The number of hydrogen-bond donors (Lipinski definition) is 1. The molecule has 0 amide bonds. The molecule has 0 aliphatic heterocycles. The van der Waals surface area contributed by atoms with E-state index in [-0.39, 0.29) is 11.3 Å². The van der Waals surface area contributed by atoms with Crippen molar-refractivity contribution in [1.29, 1.82) is 0 Å². The van der Waals surface area contributed by atoms with E-state index in [0.717, 1.165) is 25.0 Å². The second-order valence-corrected chi connectivity index (χ2v) is 5.25. The van der Waals surface area contributed by atoms with Crippen molar-refractivity contribution in [3.63, 3.8) is 0 Å². The van der Waals surface area contributed by atoms with Gasteiger partial charge in [-0.25, -0.2) is 13.6 Å². The average Bonchev–Trinajstić information content (AvgIpc) is 3.32. The van der Waals surface area contributed by atoms with E-state index in [4.69, 9.17) is 4.74 Å². The van der Waals surface area contributed by atoms with Gasteiger partial charge in [0.25, 0.3) is 0 Å². The standard InChI is InChI=1S/C16H13F2NO3/c17-13-4-3-10(5-14(13)18)11-6-19-7-12(16(20)21)15(11)22-8-9-1-2-9/h3-7,9H,1-2,8H2,(H,20,21). The van der Waals surface area contributed by atoms with Crippen LogP contribution in [-0.4, -0.2) is 22.7 Å². The first-order valence-corrected chi connectivity index (χ1v) is 6.86. The van der Waals surface area contributed by atoms with Gasteiger partial charge in [0, 0.05) is 18.0 Å². The molecule has 1 aromatic heterocycles. The van der Waals surface area contributed by atoms with Gasteiger partial charge in [-0.2, -0.15) is 0 Å². The third-order valence-corrected chi connectivity index (χ3v) is 3.52. The SMILES string of the molecule is O=C(O)c1cncc(-c2ccc(F)c(F)c2)c1OCC1CC1. The Labute approximate surface area is 125 Å². The minimum atomic E-state index is -1.18. The second kappa shape index (κ2) is 5.71. The molecule has 0 radical (unpaired) electrons. The van der Waals surface area contributed by atoms with E-state index in [1.54, 1.807) is 0 Å². The van der Waals surface area contributed by atoms with Crippen molar-refractivity contribution in [3.8, 4) is 16.9 Å². The molecule has 1 aliphatic rings. The Morgan fingerprint density at radius 1 is 1.27 bits per heavy atom. The molecule has 114 valence electrons. The summed E-state index contributed by atoms with van der Waals surface area (Å²) in [6.45, 7) is 0.404. The first-order chi connectivity index (χ1) is 10.6. The van der Waals surface area contributed by atoms with Crippen LogP contribution in [0.3, 0.4) is 0 Å². The Bertz CT molecular complexity index is 729. The Morgan fingerprint density at radius 2 is 2.05 bits per heavy atom. The highest BCUT2D eigenvalue weighted by Crippen LogP contribution is 2.36. The number of halogens is 2. The maximum atomic E-state index is 13.4. The first-order valence-electron chi connectivity index (χ1n) is 6.86. The van der Waals surface area contributed by atoms with Crippen LogP contribution < -0.4 is 4.74 Å². The molecule has 0 bridgehead atoms. The molecule has 0 saturated heterocycles. The molecule has 0 unspecified atom stereocenters. The van der Waals surface area contributed by atoms with Crippen molar-refractivity contribution in [2.45, 2.75) is 12.8 Å². The smallest absolute Gasteiger partial charge is 0.341 e. The fourth-order valence-corrected chi connectivity index (χ4v) is 2.11. The fourth-order valence-electron chi connectivity index (χ4n) is 2.11. The molecule has 1 aromatic carbocycles. The van der Waals surface area contributed by atoms with E-state index < -0.39 is 17.6 Å². The van der Waals surface area contributed by atoms with Crippen molar-refractivity contribution in [1.82, 2.24) is 4.98 Å². The lowest BCUT2D eigenvalue weighted by atomic mass is 10.0. The maximum Gasteiger partial charge on any atom is 0.341 e. The van der Waals surface area contributed by atoms with E-state index in [0.29, 0.717) is 23.7 Å². The number of hydrogen-bond acceptors (Lipinski definition) is 3. The highest BCUT2D eigenvalue weighted by atomic mass is 19.2. The van der Waals surface area contributed by atoms with Crippen LogP contribution in [0.2, 0.25) is 0 Å². The van der Waals surface area contributed by atoms with E-state index in [9.17, 15) is 18.7 Å². The van der Waals surface area contributed by atoms with Crippen molar-refractivity contribution in [2.75, 3.05) is 6.61 Å². The van der Waals surface area contributed by atoms with Gasteiger partial charge in [0.2, 0.25) is 0 Å². The van der Waals surface area contributed by atoms with Crippen molar-refractivity contribution < 1.29 is 23.4 Å². The number of benzene rings is 1. The van der Waals surface area contributed by atoms with Crippen molar-refractivity contribution in [2.24, 2.45) is 5.92 Å². The van der Waals surface area contributed by atoms with Gasteiger partial charge in [-0.05, 0) is 36.5 Å². The molecule has 1 heterocycles. The van der Waals surface area contributed by atoms with E-state index in [1.807, 2.05) is 0 Å². The molecule has 1 N–H and O–H groups in total. The quantitative estimate of drug-likeness (QED) is 0.918. The Balaban J connectivity index is 2.05. The molecule has 1 saturated carbocycles. The number of carbonyl (C=O) groups is 1. The molecule has 22 heavy (non-hydrogen) atoms.